The van der Waals surface area contributed by atoms with Crippen LogP contribution in [0, 0.1) is 0 Å². The van der Waals surface area contributed by atoms with Gasteiger partial charge in [-0.25, -0.2) is 9.59 Å². The molecule has 3 N–H and O–H groups in total. The van der Waals surface area contributed by atoms with Crippen LogP contribution in [0.4, 0.5) is 4.79 Å². The standard InChI is InChI=1S/C11H14O3.CH2O3/c1-11(2,3)14-9-7-5-4-6-8(9)10(12)13;2-1(3)4/h4-7H,1-3H3,(H,12,13);(H2,2,3,4). The van der Waals surface area contributed by atoms with Crippen molar-refractivity contribution in [3.8, 4) is 5.75 Å². The number of carboxylic acid groups (broad SMARTS) is 3. The Morgan fingerprint density at radius 2 is 1.50 bits per heavy atom. The first-order valence-electron chi connectivity index (χ1n) is 5.06. The lowest BCUT2D eigenvalue weighted by Gasteiger charge is -2.22. The van der Waals surface area contributed by atoms with Gasteiger partial charge in [0.25, 0.3) is 0 Å². The number of benzene rings is 1. The molecule has 0 radical (unpaired) electrons. The molecule has 1 aromatic carbocycles. The van der Waals surface area contributed by atoms with Crippen LogP contribution in [0.15, 0.2) is 24.3 Å². The van der Waals surface area contributed by atoms with Crippen LogP contribution in [0.5, 0.6) is 5.75 Å². The van der Waals surface area contributed by atoms with E-state index in [9.17, 15) is 4.79 Å². The highest BCUT2D eigenvalue weighted by Gasteiger charge is 2.16. The molecule has 18 heavy (non-hydrogen) atoms. The van der Waals surface area contributed by atoms with Crippen molar-refractivity contribution in [2.75, 3.05) is 0 Å². The second-order valence-electron chi connectivity index (χ2n) is 4.30. The zero-order chi connectivity index (χ0) is 14.3. The normalized spacial score (nSPS) is 9.94. The number of carboxylic acids is 1. The molecule has 0 amide bonds. The number of carbonyl (C=O) groups is 2. The molecule has 1 aromatic rings. The summed E-state index contributed by atoms with van der Waals surface area (Å²) in [5, 5.41) is 22.8. The summed E-state index contributed by atoms with van der Waals surface area (Å²) in [6, 6.07) is 6.63. The largest absolute Gasteiger partial charge is 0.503 e. The summed E-state index contributed by atoms with van der Waals surface area (Å²) in [5.74, 6) is -0.558. The molecule has 0 saturated heterocycles. The monoisotopic (exact) mass is 256 g/mol. The van der Waals surface area contributed by atoms with E-state index in [1.807, 2.05) is 20.8 Å². The molecular weight excluding hydrogens is 240 g/mol. The van der Waals surface area contributed by atoms with Crippen molar-refractivity contribution in [3.63, 3.8) is 0 Å². The summed E-state index contributed by atoms with van der Waals surface area (Å²) in [6.45, 7) is 5.64. The highest BCUT2D eigenvalue weighted by atomic mass is 16.6. The van der Waals surface area contributed by atoms with E-state index in [-0.39, 0.29) is 11.2 Å². The fraction of sp³-hybridized carbons (Fsp3) is 0.333. The van der Waals surface area contributed by atoms with E-state index in [0.29, 0.717) is 5.75 Å². The molecule has 0 aliphatic heterocycles. The molecule has 0 spiro atoms. The van der Waals surface area contributed by atoms with Gasteiger partial charge in [-0.15, -0.1) is 0 Å². The molecule has 100 valence electrons. The zero-order valence-corrected chi connectivity index (χ0v) is 10.4. The van der Waals surface area contributed by atoms with E-state index in [1.54, 1.807) is 18.2 Å². The minimum absolute atomic E-state index is 0.197. The van der Waals surface area contributed by atoms with Gasteiger partial charge in [0.1, 0.15) is 16.9 Å². The lowest BCUT2D eigenvalue weighted by atomic mass is 10.1. The summed E-state index contributed by atoms with van der Waals surface area (Å²) in [6.07, 6.45) is -1.83. The minimum atomic E-state index is -1.83. The van der Waals surface area contributed by atoms with Gasteiger partial charge in [-0.05, 0) is 32.9 Å². The summed E-state index contributed by atoms with van der Waals surface area (Å²) < 4.78 is 5.51. The average molecular weight is 256 g/mol. The van der Waals surface area contributed by atoms with Gasteiger partial charge in [0, 0.05) is 0 Å². The molecule has 6 heteroatoms. The first-order valence-corrected chi connectivity index (χ1v) is 5.06. The highest BCUT2D eigenvalue weighted by molar-refractivity contribution is 5.90. The highest BCUT2D eigenvalue weighted by Crippen LogP contribution is 2.22. The average Bonchev–Trinajstić information content (AvgIpc) is 2.14. The third-order valence-electron chi connectivity index (χ3n) is 1.53. The van der Waals surface area contributed by atoms with Crippen LogP contribution in [-0.4, -0.2) is 33.0 Å². The zero-order valence-electron chi connectivity index (χ0n) is 10.4. The van der Waals surface area contributed by atoms with Gasteiger partial charge in [-0.3, -0.25) is 0 Å². The molecular formula is C12H16O6. The Morgan fingerprint density at radius 1 is 1.06 bits per heavy atom. The van der Waals surface area contributed by atoms with Gasteiger partial charge in [-0.2, -0.15) is 0 Å². The lowest BCUT2D eigenvalue weighted by molar-refractivity contribution is 0.0681. The summed E-state index contributed by atoms with van der Waals surface area (Å²) >= 11 is 0. The Kier molecular flexibility index (Phi) is 5.68. The van der Waals surface area contributed by atoms with Crippen molar-refractivity contribution in [3.05, 3.63) is 29.8 Å². The molecule has 0 fully saturated rings. The van der Waals surface area contributed by atoms with Crippen molar-refractivity contribution in [2.45, 2.75) is 26.4 Å². The van der Waals surface area contributed by atoms with Gasteiger partial charge < -0.3 is 20.1 Å². The van der Waals surface area contributed by atoms with Crippen molar-refractivity contribution < 1.29 is 29.6 Å². The summed E-state index contributed by atoms with van der Waals surface area (Å²) in [4.78, 5) is 19.4. The number of rotatable bonds is 2. The second-order valence-corrected chi connectivity index (χ2v) is 4.30. The molecule has 6 nitrogen and oxygen atoms in total. The number of aromatic carboxylic acids is 1. The van der Waals surface area contributed by atoms with Crippen LogP contribution in [0.1, 0.15) is 31.1 Å². The van der Waals surface area contributed by atoms with E-state index < -0.39 is 12.1 Å². The molecule has 0 aromatic heterocycles. The molecule has 0 atom stereocenters. The number of para-hydroxylation sites is 1. The maximum Gasteiger partial charge on any atom is 0.503 e. The van der Waals surface area contributed by atoms with Crippen LogP contribution >= 0.6 is 0 Å². The number of ether oxygens (including phenoxy) is 1. The smallest absolute Gasteiger partial charge is 0.487 e. The van der Waals surface area contributed by atoms with Gasteiger partial charge in [0.2, 0.25) is 0 Å². The van der Waals surface area contributed by atoms with E-state index in [4.69, 9.17) is 24.9 Å². The molecule has 0 aliphatic carbocycles. The predicted octanol–water partition coefficient (Wildman–Crippen LogP) is 2.78. The second kappa shape index (κ2) is 6.48. The Labute approximate surface area is 104 Å². The fourth-order valence-electron chi connectivity index (χ4n) is 1.06. The molecule has 0 saturated carbocycles. The topological polar surface area (TPSA) is 104 Å². The van der Waals surface area contributed by atoms with Gasteiger partial charge >= 0.3 is 12.1 Å². The Hall–Kier alpha value is -2.24. The van der Waals surface area contributed by atoms with Crippen molar-refractivity contribution in [1.82, 2.24) is 0 Å². The van der Waals surface area contributed by atoms with Crippen LogP contribution in [-0.2, 0) is 0 Å². The summed E-state index contributed by atoms with van der Waals surface area (Å²) in [7, 11) is 0. The molecule has 0 unspecified atom stereocenters. The third-order valence-corrected chi connectivity index (χ3v) is 1.53. The minimum Gasteiger partial charge on any atom is -0.487 e. The number of hydrogen-bond donors (Lipinski definition) is 3. The predicted molar refractivity (Wildman–Crippen MR) is 64.4 cm³/mol. The van der Waals surface area contributed by atoms with Crippen LogP contribution < -0.4 is 4.74 Å². The van der Waals surface area contributed by atoms with Crippen LogP contribution in [0.3, 0.4) is 0 Å². The van der Waals surface area contributed by atoms with Gasteiger partial charge in [0.05, 0.1) is 0 Å². The third kappa shape index (κ3) is 7.10. The van der Waals surface area contributed by atoms with Crippen LogP contribution in [0.25, 0.3) is 0 Å². The van der Waals surface area contributed by atoms with E-state index in [1.165, 1.54) is 6.07 Å². The van der Waals surface area contributed by atoms with Crippen molar-refractivity contribution >= 4 is 12.1 Å². The van der Waals surface area contributed by atoms with Gasteiger partial charge in [0.15, 0.2) is 0 Å². The van der Waals surface area contributed by atoms with Crippen molar-refractivity contribution in [2.24, 2.45) is 0 Å². The van der Waals surface area contributed by atoms with E-state index in [2.05, 4.69) is 0 Å². The molecule has 0 aliphatic rings. The Bertz CT molecular complexity index is 415. The maximum absolute atomic E-state index is 10.8. The van der Waals surface area contributed by atoms with E-state index in [0.717, 1.165) is 0 Å². The lowest BCUT2D eigenvalue weighted by Crippen LogP contribution is -2.24. The Balaban J connectivity index is 0.000000631. The SMILES string of the molecule is CC(C)(C)Oc1ccccc1C(=O)O.O=C(O)O. The molecule has 0 bridgehead atoms. The fourth-order valence-corrected chi connectivity index (χ4v) is 1.06. The Morgan fingerprint density at radius 3 is 1.89 bits per heavy atom. The maximum atomic E-state index is 10.8. The quantitative estimate of drug-likeness (QED) is 0.751. The first kappa shape index (κ1) is 15.8. The first-order chi connectivity index (χ1) is 8.13. The number of hydrogen-bond acceptors (Lipinski definition) is 3. The molecule has 0 heterocycles. The van der Waals surface area contributed by atoms with E-state index >= 15 is 0 Å². The summed E-state index contributed by atoms with van der Waals surface area (Å²) in [5.41, 5.74) is -0.187. The molecule has 1 rings (SSSR count). The van der Waals surface area contributed by atoms with Crippen molar-refractivity contribution in [1.29, 1.82) is 0 Å². The van der Waals surface area contributed by atoms with Crippen LogP contribution in [0.2, 0.25) is 0 Å². The van der Waals surface area contributed by atoms with Gasteiger partial charge in [-0.1, -0.05) is 12.1 Å².